The normalized spacial score (nSPS) is 11.1. The van der Waals surface area contributed by atoms with Gasteiger partial charge in [0.05, 0.1) is 57.0 Å². The van der Waals surface area contributed by atoms with Crippen molar-refractivity contribution in [3.8, 4) is 51.8 Å². The van der Waals surface area contributed by atoms with Crippen LogP contribution in [0.5, 0.6) is 0 Å². The van der Waals surface area contributed by atoms with E-state index in [2.05, 4.69) is 94.1 Å². The summed E-state index contributed by atoms with van der Waals surface area (Å²) in [6.07, 6.45) is 0. The second-order valence-electron chi connectivity index (χ2n) is 12.4. The van der Waals surface area contributed by atoms with E-state index in [1.54, 1.807) is 0 Å². The summed E-state index contributed by atoms with van der Waals surface area (Å²) >= 11 is 0. The van der Waals surface area contributed by atoms with Gasteiger partial charge in [0.1, 0.15) is 0 Å². The molecule has 5 nitrogen and oxygen atoms in total. The van der Waals surface area contributed by atoms with Crippen molar-refractivity contribution in [2.45, 2.75) is 0 Å². The Morgan fingerprint density at radius 2 is 0.880 bits per heavy atom. The first-order valence-corrected chi connectivity index (χ1v) is 16.3. The van der Waals surface area contributed by atoms with Gasteiger partial charge in [0, 0.05) is 32.9 Å². The van der Waals surface area contributed by atoms with Crippen molar-refractivity contribution in [1.29, 1.82) is 15.8 Å². The van der Waals surface area contributed by atoms with Crippen LogP contribution in [0.4, 0.5) is 0 Å². The summed E-state index contributed by atoms with van der Waals surface area (Å²) in [5.41, 5.74) is 11.9. The first-order valence-electron chi connectivity index (χ1n) is 16.3. The quantitative estimate of drug-likeness (QED) is 0.193. The van der Waals surface area contributed by atoms with Gasteiger partial charge in [0.25, 0.3) is 0 Å². The van der Waals surface area contributed by atoms with E-state index in [0.717, 1.165) is 77.2 Å². The predicted molar refractivity (Wildman–Crippen MR) is 200 cm³/mol. The number of para-hydroxylation sites is 2. The smallest absolute Gasteiger partial charge is 0.0998 e. The van der Waals surface area contributed by atoms with Crippen LogP contribution < -0.4 is 0 Å². The van der Waals surface area contributed by atoms with Gasteiger partial charge in [-0.3, -0.25) is 0 Å². The van der Waals surface area contributed by atoms with Gasteiger partial charge in [-0.1, -0.05) is 66.7 Å². The fourth-order valence-electron chi connectivity index (χ4n) is 7.34. The van der Waals surface area contributed by atoms with Gasteiger partial charge in [-0.25, -0.2) is 0 Å². The molecule has 0 aliphatic heterocycles. The molecule has 0 spiro atoms. The molecule has 7 aromatic carbocycles. The third-order valence-electron chi connectivity index (χ3n) is 9.60. The van der Waals surface area contributed by atoms with Gasteiger partial charge >= 0.3 is 0 Å². The van der Waals surface area contributed by atoms with Crippen molar-refractivity contribution in [1.82, 2.24) is 9.13 Å². The van der Waals surface area contributed by atoms with Crippen LogP contribution in [0.15, 0.2) is 152 Å². The summed E-state index contributed by atoms with van der Waals surface area (Å²) in [7, 11) is 0. The van der Waals surface area contributed by atoms with E-state index >= 15 is 0 Å². The molecule has 0 unspecified atom stereocenters. The number of rotatable bonds is 4. The Kier molecular flexibility index (Phi) is 6.56. The monoisotopic (exact) mass is 635 g/mol. The van der Waals surface area contributed by atoms with Crippen molar-refractivity contribution in [2.75, 3.05) is 0 Å². The molecule has 0 fully saturated rings. The Labute approximate surface area is 287 Å². The summed E-state index contributed by atoms with van der Waals surface area (Å²) < 4.78 is 4.49. The lowest BCUT2D eigenvalue weighted by Gasteiger charge is -2.15. The van der Waals surface area contributed by atoms with E-state index < -0.39 is 0 Å². The number of aromatic nitrogens is 2. The molecule has 0 saturated carbocycles. The number of nitriles is 3. The van der Waals surface area contributed by atoms with Crippen molar-refractivity contribution >= 4 is 43.6 Å². The highest BCUT2D eigenvalue weighted by molar-refractivity contribution is 6.11. The summed E-state index contributed by atoms with van der Waals surface area (Å²) in [6.45, 7) is 0. The minimum absolute atomic E-state index is 0.609. The van der Waals surface area contributed by atoms with Gasteiger partial charge in [-0.2, -0.15) is 15.8 Å². The number of hydrogen-bond donors (Lipinski definition) is 0. The van der Waals surface area contributed by atoms with E-state index in [9.17, 15) is 15.8 Å². The number of hydrogen-bond acceptors (Lipinski definition) is 3. The highest BCUT2D eigenvalue weighted by Crippen LogP contribution is 2.38. The largest absolute Gasteiger partial charge is 0.309 e. The van der Waals surface area contributed by atoms with Crippen LogP contribution in [0.3, 0.4) is 0 Å². The molecule has 2 aromatic heterocycles. The average molecular weight is 636 g/mol. The highest BCUT2D eigenvalue weighted by atomic mass is 15.0. The zero-order chi connectivity index (χ0) is 33.8. The molecule has 9 aromatic rings. The Hall–Kier alpha value is -7.39. The molecule has 9 rings (SSSR count). The maximum absolute atomic E-state index is 10.1. The molecule has 5 heteroatoms. The molecule has 0 saturated heterocycles. The number of fused-ring (bicyclic) bond motifs is 6. The van der Waals surface area contributed by atoms with Crippen LogP contribution >= 0.6 is 0 Å². The Morgan fingerprint density at radius 3 is 1.48 bits per heavy atom. The summed E-state index contributed by atoms with van der Waals surface area (Å²) in [5.74, 6) is 0. The second-order valence-corrected chi connectivity index (χ2v) is 12.4. The number of nitrogens with zero attached hydrogens (tertiary/aromatic N) is 5. The van der Waals surface area contributed by atoms with Crippen LogP contribution in [0, 0.1) is 34.0 Å². The zero-order valence-electron chi connectivity index (χ0n) is 26.7. The Bertz CT molecular complexity index is 2960. The third-order valence-corrected chi connectivity index (χ3v) is 9.60. The molecular formula is C45H25N5. The topological polar surface area (TPSA) is 81.2 Å². The maximum Gasteiger partial charge on any atom is 0.0998 e. The van der Waals surface area contributed by atoms with Crippen LogP contribution in [-0.2, 0) is 0 Å². The zero-order valence-corrected chi connectivity index (χ0v) is 26.7. The molecule has 0 atom stereocenters. The van der Waals surface area contributed by atoms with Gasteiger partial charge in [-0.05, 0) is 107 Å². The summed E-state index contributed by atoms with van der Waals surface area (Å²) in [6, 6.07) is 58.0. The average Bonchev–Trinajstić information content (AvgIpc) is 3.69. The molecule has 2 heterocycles. The molecule has 0 radical (unpaired) electrons. The minimum Gasteiger partial charge on any atom is -0.309 e. The van der Waals surface area contributed by atoms with Crippen molar-refractivity contribution in [2.24, 2.45) is 0 Å². The molecular weight excluding hydrogens is 611 g/mol. The molecule has 0 bridgehead atoms. The predicted octanol–water partition coefficient (Wildman–Crippen LogP) is 10.8. The van der Waals surface area contributed by atoms with Crippen molar-refractivity contribution in [3.63, 3.8) is 0 Å². The van der Waals surface area contributed by atoms with E-state index in [0.29, 0.717) is 16.7 Å². The summed E-state index contributed by atoms with van der Waals surface area (Å²) in [5, 5.41) is 33.5. The van der Waals surface area contributed by atoms with E-state index in [4.69, 9.17) is 0 Å². The van der Waals surface area contributed by atoms with Gasteiger partial charge in [0.15, 0.2) is 0 Å². The SMILES string of the molecule is N#Cc1ccc2c(c1)c1ccccc1n2-c1ccc(-c2cc(-c3ccccc3C#N)cc(-n3c4ccccc4c4cc(C#N)ccc43)c2)cc1. The fraction of sp³-hybridized carbons (Fsp3) is 0. The standard InChI is InChI=1S/C45H25N5/c46-26-29-13-19-44-40(21-29)38-9-3-5-11-42(38)49(44)35-17-15-31(16-18-35)33-23-34(37-8-2-1-7-32(37)28-48)25-36(24-33)50-43-12-6-4-10-39(43)41-22-30(27-47)14-20-45(41)50/h1-25H. The van der Waals surface area contributed by atoms with Crippen LogP contribution in [0.1, 0.15) is 16.7 Å². The fourth-order valence-corrected chi connectivity index (χ4v) is 7.34. The first kappa shape index (κ1) is 28.8. The first-order chi connectivity index (χ1) is 24.6. The molecule has 0 amide bonds. The lowest BCUT2D eigenvalue weighted by Crippen LogP contribution is -1.97. The summed E-state index contributed by atoms with van der Waals surface area (Å²) in [4.78, 5) is 0. The van der Waals surface area contributed by atoms with Crippen molar-refractivity contribution in [3.05, 3.63) is 168 Å². The van der Waals surface area contributed by atoms with E-state index in [1.165, 1.54) is 0 Å². The minimum atomic E-state index is 0.609. The van der Waals surface area contributed by atoms with E-state index in [1.807, 2.05) is 84.9 Å². The number of benzene rings is 7. The van der Waals surface area contributed by atoms with Gasteiger partial charge in [0.2, 0.25) is 0 Å². The molecule has 230 valence electrons. The third kappa shape index (κ3) is 4.45. The Morgan fingerprint density at radius 1 is 0.360 bits per heavy atom. The second kappa shape index (κ2) is 11.4. The molecule has 0 N–H and O–H groups in total. The van der Waals surface area contributed by atoms with Crippen LogP contribution in [0.2, 0.25) is 0 Å². The van der Waals surface area contributed by atoms with Crippen LogP contribution in [-0.4, -0.2) is 9.13 Å². The Balaban J connectivity index is 1.26. The maximum atomic E-state index is 10.1. The van der Waals surface area contributed by atoms with Crippen LogP contribution in [0.25, 0.3) is 77.2 Å². The lowest BCUT2D eigenvalue weighted by atomic mass is 9.95. The molecule has 50 heavy (non-hydrogen) atoms. The van der Waals surface area contributed by atoms with Crippen molar-refractivity contribution < 1.29 is 0 Å². The van der Waals surface area contributed by atoms with Gasteiger partial charge in [-0.15, -0.1) is 0 Å². The highest BCUT2D eigenvalue weighted by Gasteiger charge is 2.17. The molecule has 0 aliphatic carbocycles. The lowest BCUT2D eigenvalue weighted by molar-refractivity contribution is 1.18. The molecule has 0 aliphatic rings. The van der Waals surface area contributed by atoms with E-state index in [-0.39, 0.29) is 0 Å². The van der Waals surface area contributed by atoms with Gasteiger partial charge < -0.3 is 9.13 Å².